The van der Waals surface area contributed by atoms with Gasteiger partial charge < -0.3 is 10.6 Å². The predicted molar refractivity (Wildman–Crippen MR) is 113 cm³/mol. The lowest BCUT2D eigenvalue weighted by molar-refractivity contribution is 0.225. The number of nitrogens with one attached hydrogen (secondary N) is 2. The second kappa shape index (κ2) is 9.47. The zero-order chi connectivity index (χ0) is 18.2. The van der Waals surface area contributed by atoms with E-state index in [1.807, 2.05) is 17.8 Å². The summed E-state index contributed by atoms with van der Waals surface area (Å²) in [6.45, 7) is 11.0. The molecule has 2 N–H and O–H groups in total. The highest BCUT2D eigenvalue weighted by Gasteiger charge is 2.43. The molecule has 0 amide bonds. The molecule has 3 rings (SSSR count). The maximum atomic E-state index is 4.94. The van der Waals surface area contributed by atoms with Crippen molar-refractivity contribution in [2.45, 2.75) is 48.3 Å². The molecular weight excluding hydrogens is 340 g/mol. The summed E-state index contributed by atoms with van der Waals surface area (Å²) in [4.78, 5) is 8.75. The molecule has 1 aromatic carbocycles. The molecule has 5 heteroatoms. The zero-order valence-corrected chi connectivity index (χ0v) is 16.7. The van der Waals surface area contributed by atoms with Crippen molar-refractivity contribution in [3.05, 3.63) is 43.0 Å². The lowest BCUT2D eigenvalue weighted by Crippen LogP contribution is -2.48. The summed E-state index contributed by atoms with van der Waals surface area (Å²) in [5.41, 5.74) is 0. The Morgan fingerprint density at radius 3 is 2.65 bits per heavy atom. The van der Waals surface area contributed by atoms with Gasteiger partial charge in [-0.05, 0) is 44.7 Å². The number of thioether (sulfide) groups is 1. The molecule has 1 saturated heterocycles. The van der Waals surface area contributed by atoms with E-state index in [4.69, 9.17) is 4.99 Å². The van der Waals surface area contributed by atoms with Crippen LogP contribution in [-0.2, 0) is 0 Å². The molecule has 0 unspecified atom stereocenters. The molecule has 1 heterocycles. The SMILES string of the molecule is C=CCN1CCC(NC(=NCC2(Sc3ccccc3)CC2)NCC)CC1. The Balaban J connectivity index is 1.52. The third-order valence-electron chi connectivity index (χ3n) is 5.07. The largest absolute Gasteiger partial charge is 0.357 e. The Morgan fingerprint density at radius 1 is 1.31 bits per heavy atom. The van der Waals surface area contributed by atoms with E-state index in [0.717, 1.165) is 38.7 Å². The fraction of sp³-hybridized carbons (Fsp3) is 0.571. The van der Waals surface area contributed by atoms with Crippen LogP contribution in [0.4, 0.5) is 0 Å². The monoisotopic (exact) mass is 372 g/mol. The molecular formula is C21H32N4S. The summed E-state index contributed by atoms with van der Waals surface area (Å²) in [5, 5.41) is 7.09. The first-order chi connectivity index (χ1) is 12.7. The van der Waals surface area contributed by atoms with Gasteiger partial charge in [0.15, 0.2) is 5.96 Å². The minimum atomic E-state index is 0.303. The Bertz CT molecular complexity index is 589. The summed E-state index contributed by atoms with van der Waals surface area (Å²) in [6.07, 6.45) is 6.86. The Labute approximate surface area is 162 Å². The van der Waals surface area contributed by atoms with Gasteiger partial charge in [0.25, 0.3) is 0 Å². The molecule has 1 aromatic rings. The highest BCUT2D eigenvalue weighted by atomic mass is 32.2. The first-order valence-corrected chi connectivity index (χ1v) is 10.7. The van der Waals surface area contributed by atoms with Crippen molar-refractivity contribution in [2.75, 3.05) is 32.7 Å². The molecule has 142 valence electrons. The van der Waals surface area contributed by atoms with Crippen LogP contribution in [0.1, 0.15) is 32.6 Å². The van der Waals surface area contributed by atoms with E-state index in [9.17, 15) is 0 Å². The number of guanidine groups is 1. The number of nitrogens with zero attached hydrogens (tertiary/aromatic N) is 2. The molecule has 1 saturated carbocycles. The molecule has 0 bridgehead atoms. The maximum absolute atomic E-state index is 4.94. The average Bonchev–Trinajstić information content (AvgIpc) is 3.42. The van der Waals surface area contributed by atoms with Gasteiger partial charge in [-0.15, -0.1) is 18.3 Å². The Morgan fingerprint density at radius 2 is 2.04 bits per heavy atom. The Kier molecular flexibility index (Phi) is 7.03. The van der Waals surface area contributed by atoms with Crippen LogP contribution in [0.15, 0.2) is 52.9 Å². The standard InChI is InChI=1S/C21H32N4S/c1-3-14-25-15-10-18(11-16-25)24-20(22-4-2)23-17-21(12-13-21)26-19-8-6-5-7-9-19/h3,5-9,18H,1,4,10-17H2,2H3,(H2,22,23,24). The van der Waals surface area contributed by atoms with Crippen LogP contribution in [0.3, 0.4) is 0 Å². The molecule has 0 atom stereocenters. The topological polar surface area (TPSA) is 39.7 Å². The molecule has 2 aliphatic rings. The minimum Gasteiger partial charge on any atom is -0.357 e. The van der Waals surface area contributed by atoms with E-state index in [0.29, 0.717) is 10.8 Å². The zero-order valence-electron chi connectivity index (χ0n) is 15.9. The van der Waals surface area contributed by atoms with Gasteiger partial charge in [-0.2, -0.15) is 0 Å². The smallest absolute Gasteiger partial charge is 0.191 e. The van der Waals surface area contributed by atoms with Gasteiger partial charge in [-0.1, -0.05) is 24.3 Å². The Hall–Kier alpha value is -1.46. The highest BCUT2D eigenvalue weighted by molar-refractivity contribution is 8.01. The van der Waals surface area contributed by atoms with Crippen LogP contribution >= 0.6 is 11.8 Å². The number of hydrogen-bond donors (Lipinski definition) is 2. The van der Waals surface area contributed by atoms with Gasteiger partial charge in [-0.25, -0.2) is 0 Å². The van der Waals surface area contributed by atoms with Gasteiger partial charge in [0, 0.05) is 41.9 Å². The number of hydrogen-bond acceptors (Lipinski definition) is 3. The van der Waals surface area contributed by atoms with Crippen molar-refractivity contribution < 1.29 is 0 Å². The first-order valence-electron chi connectivity index (χ1n) is 9.85. The molecule has 1 aliphatic carbocycles. The fourth-order valence-electron chi connectivity index (χ4n) is 3.35. The molecule has 0 spiro atoms. The third-order valence-corrected chi connectivity index (χ3v) is 6.55. The first kappa shape index (κ1) is 19.3. The molecule has 4 nitrogen and oxygen atoms in total. The normalized spacial score (nSPS) is 20.6. The summed E-state index contributed by atoms with van der Waals surface area (Å²) < 4.78 is 0.303. The second-order valence-electron chi connectivity index (χ2n) is 7.30. The van der Waals surface area contributed by atoms with E-state index in [1.165, 1.54) is 30.6 Å². The molecule has 26 heavy (non-hydrogen) atoms. The van der Waals surface area contributed by atoms with Crippen LogP contribution in [0.5, 0.6) is 0 Å². The van der Waals surface area contributed by atoms with E-state index in [-0.39, 0.29) is 0 Å². The van der Waals surface area contributed by atoms with Crippen molar-refractivity contribution in [3.8, 4) is 0 Å². The van der Waals surface area contributed by atoms with Crippen LogP contribution in [0.25, 0.3) is 0 Å². The maximum Gasteiger partial charge on any atom is 0.191 e. The third kappa shape index (κ3) is 5.78. The van der Waals surface area contributed by atoms with Crippen molar-refractivity contribution in [1.29, 1.82) is 0 Å². The number of rotatable bonds is 8. The number of aliphatic imine (C=N–C) groups is 1. The van der Waals surface area contributed by atoms with E-state index >= 15 is 0 Å². The fourth-order valence-corrected chi connectivity index (χ4v) is 4.58. The number of piperidine rings is 1. The molecule has 1 aliphatic heterocycles. The van der Waals surface area contributed by atoms with E-state index < -0.39 is 0 Å². The van der Waals surface area contributed by atoms with E-state index in [1.54, 1.807) is 0 Å². The van der Waals surface area contributed by atoms with Gasteiger partial charge in [-0.3, -0.25) is 9.89 Å². The lowest BCUT2D eigenvalue weighted by atomic mass is 10.1. The molecule has 0 radical (unpaired) electrons. The van der Waals surface area contributed by atoms with Crippen molar-refractivity contribution in [3.63, 3.8) is 0 Å². The summed E-state index contributed by atoms with van der Waals surface area (Å²) in [5.74, 6) is 0.981. The average molecular weight is 373 g/mol. The van der Waals surface area contributed by atoms with Gasteiger partial charge in [0.2, 0.25) is 0 Å². The molecule has 2 fully saturated rings. The van der Waals surface area contributed by atoms with Gasteiger partial charge in [0.1, 0.15) is 0 Å². The minimum absolute atomic E-state index is 0.303. The van der Waals surface area contributed by atoms with Crippen LogP contribution < -0.4 is 10.6 Å². The van der Waals surface area contributed by atoms with Crippen molar-refractivity contribution >= 4 is 17.7 Å². The van der Waals surface area contributed by atoms with Gasteiger partial charge in [0.05, 0.1) is 6.54 Å². The second-order valence-corrected chi connectivity index (χ2v) is 8.84. The van der Waals surface area contributed by atoms with Crippen LogP contribution in [0.2, 0.25) is 0 Å². The lowest BCUT2D eigenvalue weighted by Gasteiger charge is -2.32. The van der Waals surface area contributed by atoms with Gasteiger partial charge >= 0.3 is 0 Å². The number of likely N-dealkylation sites (tertiary alicyclic amines) is 1. The molecule has 0 aromatic heterocycles. The van der Waals surface area contributed by atoms with Crippen molar-refractivity contribution in [1.82, 2.24) is 15.5 Å². The van der Waals surface area contributed by atoms with Crippen LogP contribution in [-0.4, -0.2) is 54.4 Å². The van der Waals surface area contributed by atoms with E-state index in [2.05, 4.69) is 59.4 Å². The summed E-state index contributed by atoms with van der Waals surface area (Å²) >= 11 is 1.99. The van der Waals surface area contributed by atoms with Crippen LogP contribution in [0, 0.1) is 0 Å². The number of benzene rings is 1. The van der Waals surface area contributed by atoms with Crippen molar-refractivity contribution in [2.24, 2.45) is 4.99 Å². The highest BCUT2D eigenvalue weighted by Crippen LogP contribution is 2.51. The summed E-state index contributed by atoms with van der Waals surface area (Å²) in [7, 11) is 0. The quantitative estimate of drug-likeness (QED) is 0.416. The predicted octanol–water partition coefficient (Wildman–Crippen LogP) is 3.52. The summed E-state index contributed by atoms with van der Waals surface area (Å²) in [6, 6.07) is 11.2.